The monoisotopic (exact) mass is 594 g/mol. The maximum absolute atomic E-state index is 13.3. The summed E-state index contributed by atoms with van der Waals surface area (Å²) in [7, 11) is -2.95. The first-order valence-corrected chi connectivity index (χ1v) is 13.7. The fourth-order valence-electron chi connectivity index (χ4n) is 4.30. The van der Waals surface area contributed by atoms with Crippen molar-refractivity contribution >= 4 is 7.82 Å². The highest BCUT2D eigenvalue weighted by Crippen LogP contribution is 2.54. The van der Waals surface area contributed by atoms with Crippen molar-refractivity contribution < 1.29 is 18.1 Å². The summed E-state index contributed by atoms with van der Waals surface area (Å²) in [6.45, 7) is 11.1. The Morgan fingerprint density at radius 1 is 0.634 bits per heavy atom. The van der Waals surface area contributed by atoms with E-state index in [9.17, 15) is 33.3 Å². The molecule has 0 spiro atoms. The molecule has 0 atom stereocenters. The Labute approximate surface area is 232 Å². The van der Waals surface area contributed by atoms with E-state index in [2.05, 4.69) is 26.3 Å². The molecule has 1 fully saturated rings. The van der Waals surface area contributed by atoms with Gasteiger partial charge in [0.15, 0.2) is 0 Å². The zero-order chi connectivity index (χ0) is 30.5. The van der Waals surface area contributed by atoms with Crippen LogP contribution >= 0.6 is 7.82 Å². The molecule has 0 saturated carbocycles. The van der Waals surface area contributed by atoms with Crippen LogP contribution in [-0.2, 0) is 57.4 Å². The molecule has 3 rings (SSSR count). The van der Waals surface area contributed by atoms with Crippen LogP contribution in [-0.4, -0.2) is 47.7 Å². The number of hydrogen-bond acceptors (Lipinski definition) is 10. The Morgan fingerprint density at radius 3 is 1.15 bits per heavy atom. The summed E-state index contributed by atoms with van der Waals surface area (Å²) in [5.41, 5.74) is -7.40. The summed E-state index contributed by atoms with van der Waals surface area (Å²) in [5.74, 6) is 0. The third kappa shape index (κ3) is 6.00. The average Bonchev–Trinajstić information content (AvgIpc) is 2.96. The molecular formula is C24H31N6O10P. The van der Waals surface area contributed by atoms with Crippen LogP contribution in [0.5, 0.6) is 0 Å². The van der Waals surface area contributed by atoms with Crippen molar-refractivity contribution in [1.82, 2.24) is 27.4 Å². The van der Waals surface area contributed by atoms with Crippen LogP contribution in [0.2, 0.25) is 0 Å². The lowest BCUT2D eigenvalue weighted by Gasteiger charge is -2.38. The van der Waals surface area contributed by atoms with Crippen LogP contribution in [0, 0.1) is 5.41 Å². The Balaban J connectivity index is 2.31. The predicted octanol–water partition coefficient (Wildman–Crippen LogP) is -1.11. The fourth-order valence-corrected chi connectivity index (χ4v) is 5.45. The van der Waals surface area contributed by atoms with Crippen LogP contribution in [0.1, 0.15) is 0 Å². The van der Waals surface area contributed by atoms with E-state index in [0.29, 0.717) is 0 Å². The van der Waals surface area contributed by atoms with Gasteiger partial charge in [-0.2, -0.15) is 0 Å². The molecule has 0 N–H and O–H groups in total. The number of rotatable bonds is 13. The van der Waals surface area contributed by atoms with Crippen LogP contribution in [0.15, 0.2) is 79.4 Å². The van der Waals surface area contributed by atoms with Crippen LogP contribution in [0.25, 0.3) is 0 Å². The van der Waals surface area contributed by atoms with Crippen molar-refractivity contribution in [1.29, 1.82) is 0 Å². The Morgan fingerprint density at radius 2 is 0.902 bits per heavy atom. The molecule has 0 amide bonds. The maximum Gasteiger partial charge on any atom is 0.474 e. The largest absolute Gasteiger partial charge is 0.474 e. The van der Waals surface area contributed by atoms with Crippen molar-refractivity contribution in [2.24, 2.45) is 5.41 Å². The molecule has 0 bridgehead atoms. The summed E-state index contributed by atoms with van der Waals surface area (Å²) in [5, 5.41) is 0. The van der Waals surface area contributed by atoms with E-state index in [0.717, 1.165) is 34.5 Å². The van der Waals surface area contributed by atoms with E-state index in [1.54, 1.807) is 0 Å². The van der Waals surface area contributed by atoms with E-state index in [4.69, 9.17) is 13.6 Å². The fraction of sp³-hybridized carbons (Fsp3) is 0.417. The first kappa shape index (κ1) is 31.4. The van der Waals surface area contributed by atoms with Gasteiger partial charge in [-0.05, 0) is 0 Å². The van der Waals surface area contributed by atoms with Gasteiger partial charge in [-0.3, -0.25) is 13.6 Å². The SMILES string of the molecule is C=CCn1c(=O)n(CC=C)c(=O)n(CC2(Cn3c(=O)n(CC=C)c(=O)n(CC=C)c3=O)COP(=O)(OC)OC2)c1=O. The topological polar surface area (TPSA) is 177 Å². The summed E-state index contributed by atoms with van der Waals surface area (Å²) in [6.07, 6.45) is 5.16. The number of phosphoric acid groups is 1. The standard InChI is InChI=1S/C24H31N6O10P/c1-6-10-25-18(31)26(11-7-2)21(34)29(20(25)33)14-24(16-39-41(37,38-5)40-17-24)15-30-22(35)27(12-8-3)19(32)28(13-9-4)23(30)36/h6-9H,1-4,10-17H2,5H3. The quantitative estimate of drug-likeness (QED) is 0.204. The third-order valence-electron chi connectivity index (χ3n) is 6.29. The van der Waals surface area contributed by atoms with Crippen LogP contribution in [0.4, 0.5) is 0 Å². The molecule has 0 unspecified atom stereocenters. The lowest BCUT2D eigenvalue weighted by molar-refractivity contribution is -0.0340. The highest BCUT2D eigenvalue weighted by molar-refractivity contribution is 7.48. The molecule has 16 nitrogen and oxygen atoms in total. The smallest absolute Gasteiger partial charge is 0.290 e. The van der Waals surface area contributed by atoms with Gasteiger partial charge in [-0.1, -0.05) is 24.3 Å². The molecule has 0 aliphatic carbocycles. The Kier molecular flexibility index (Phi) is 9.65. The van der Waals surface area contributed by atoms with Gasteiger partial charge in [0, 0.05) is 20.2 Å². The van der Waals surface area contributed by atoms with Gasteiger partial charge >= 0.3 is 42.0 Å². The van der Waals surface area contributed by atoms with Crippen molar-refractivity contribution in [2.45, 2.75) is 39.3 Å². The first-order valence-electron chi connectivity index (χ1n) is 12.2. The zero-order valence-corrected chi connectivity index (χ0v) is 23.4. The van der Waals surface area contributed by atoms with E-state index in [-0.39, 0.29) is 26.2 Å². The molecule has 3 heterocycles. The Bertz CT molecular complexity index is 1560. The van der Waals surface area contributed by atoms with Gasteiger partial charge in [0.2, 0.25) is 0 Å². The molecule has 2 aromatic heterocycles. The van der Waals surface area contributed by atoms with Gasteiger partial charge in [-0.25, -0.2) is 60.7 Å². The number of allylic oxidation sites excluding steroid dienone is 4. The molecular weight excluding hydrogens is 563 g/mol. The minimum atomic E-state index is -4.03. The Hall–Kier alpha value is -4.11. The highest BCUT2D eigenvalue weighted by Gasteiger charge is 2.45. The normalized spacial score (nSPS) is 15.7. The van der Waals surface area contributed by atoms with Gasteiger partial charge in [0.05, 0.1) is 44.8 Å². The number of phosphoric ester groups is 1. The second-order valence-electron chi connectivity index (χ2n) is 9.14. The van der Waals surface area contributed by atoms with Gasteiger partial charge in [0.25, 0.3) is 0 Å². The van der Waals surface area contributed by atoms with Gasteiger partial charge in [-0.15, -0.1) is 26.3 Å². The summed E-state index contributed by atoms with van der Waals surface area (Å²) in [6, 6.07) is 0. The second-order valence-corrected chi connectivity index (χ2v) is 10.9. The van der Waals surface area contributed by atoms with Crippen molar-refractivity contribution in [2.75, 3.05) is 20.3 Å². The van der Waals surface area contributed by atoms with Crippen molar-refractivity contribution in [3.05, 3.63) is 114 Å². The maximum atomic E-state index is 13.3. The molecule has 1 saturated heterocycles. The van der Waals surface area contributed by atoms with Crippen molar-refractivity contribution in [3.63, 3.8) is 0 Å². The molecule has 1 aliphatic rings. The third-order valence-corrected chi connectivity index (χ3v) is 7.62. The lowest BCUT2D eigenvalue weighted by Crippen LogP contribution is -2.60. The van der Waals surface area contributed by atoms with E-state index in [1.165, 1.54) is 24.3 Å². The minimum Gasteiger partial charge on any atom is -0.290 e. The highest BCUT2D eigenvalue weighted by atomic mass is 31.2. The van der Waals surface area contributed by atoms with Crippen molar-refractivity contribution in [3.8, 4) is 0 Å². The molecule has 0 aromatic carbocycles. The van der Waals surface area contributed by atoms with E-state index < -0.39 is 73.7 Å². The molecule has 1 aliphatic heterocycles. The first-order chi connectivity index (χ1) is 19.4. The predicted molar refractivity (Wildman–Crippen MR) is 148 cm³/mol. The van der Waals surface area contributed by atoms with Gasteiger partial charge < -0.3 is 0 Å². The molecule has 0 radical (unpaired) electrons. The summed E-state index contributed by atoms with van der Waals surface area (Å²) in [4.78, 5) is 79.0. The summed E-state index contributed by atoms with van der Waals surface area (Å²) >= 11 is 0. The minimum absolute atomic E-state index is 0.230. The van der Waals surface area contributed by atoms with Crippen LogP contribution in [0.3, 0.4) is 0 Å². The molecule has 41 heavy (non-hydrogen) atoms. The lowest BCUT2D eigenvalue weighted by atomic mass is 9.89. The molecule has 17 heteroatoms. The zero-order valence-electron chi connectivity index (χ0n) is 22.5. The summed E-state index contributed by atoms with van der Waals surface area (Å²) < 4.78 is 32.7. The number of nitrogens with zero attached hydrogens (tertiary/aromatic N) is 6. The van der Waals surface area contributed by atoms with E-state index >= 15 is 0 Å². The average molecular weight is 595 g/mol. The van der Waals surface area contributed by atoms with E-state index in [1.807, 2.05) is 0 Å². The van der Waals surface area contributed by atoms with Crippen LogP contribution < -0.4 is 34.1 Å². The number of aromatic nitrogens is 6. The van der Waals surface area contributed by atoms with Gasteiger partial charge in [0.1, 0.15) is 0 Å². The second kappa shape index (κ2) is 12.6. The molecule has 222 valence electrons. The molecule has 2 aromatic rings. The number of hydrogen-bond donors (Lipinski definition) is 0.